The maximum absolute atomic E-state index is 12.1. The standard InChI is InChI=1S/C13H15BrN2O4/c1-3-6-16(8-12(17)18)13(19)15-10-7-9(14)4-5-11(10)20-2/h3-5,7H,1,6,8H2,2H3,(H,15,19)(H,17,18). The topological polar surface area (TPSA) is 78.9 Å². The summed E-state index contributed by atoms with van der Waals surface area (Å²) in [5, 5.41) is 11.4. The number of methoxy groups -OCH3 is 1. The SMILES string of the molecule is C=CCN(CC(=O)O)C(=O)Nc1cc(Br)ccc1OC. The van der Waals surface area contributed by atoms with Crippen LogP contribution in [0.1, 0.15) is 0 Å². The van der Waals surface area contributed by atoms with E-state index in [0.29, 0.717) is 11.4 Å². The average Bonchev–Trinajstić information content (AvgIpc) is 2.38. The van der Waals surface area contributed by atoms with Crippen molar-refractivity contribution in [3.63, 3.8) is 0 Å². The number of nitrogens with zero attached hydrogens (tertiary/aromatic N) is 1. The Labute approximate surface area is 125 Å². The molecule has 0 unspecified atom stereocenters. The zero-order chi connectivity index (χ0) is 15.1. The van der Waals surface area contributed by atoms with Crippen LogP contribution in [0.3, 0.4) is 0 Å². The Kier molecular flexibility index (Phi) is 6.05. The minimum Gasteiger partial charge on any atom is -0.495 e. The van der Waals surface area contributed by atoms with Gasteiger partial charge in [0.15, 0.2) is 0 Å². The van der Waals surface area contributed by atoms with Gasteiger partial charge in [0.1, 0.15) is 12.3 Å². The molecule has 0 radical (unpaired) electrons. The molecular weight excluding hydrogens is 328 g/mol. The lowest BCUT2D eigenvalue weighted by molar-refractivity contribution is -0.137. The zero-order valence-corrected chi connectivity index (χ0v) is 12.5. The fourth-order valence-corrected chi connectivity index (χ4v) is 1.87. The quantitative estimate of drug-likeness (QED) is 0.778. The zero-order valence-electron chi connectivity index (χ0n) is 10.9. The third kappa shape index (κ3) is 4.58. The van der Waals surface area contributed by atoms with E-state index in [1.54, 1.807) is 18.2 Å². The monoisotopic (exact) mass is 342 g/mol. The van der Waals surface area contributed by atoms with Gasteiger partial charge < -0.3 is 20.1 Å². The Morgan fingerprint density at radius 3 is 2.80 bits per heavy atom. The Hall–Kier alpha value is -2.02. The molecule has 2 amide bonds. The molecule has 1 rings (SSSR count). The number of carbonyl (C=O) groups is 2. The normalized spacial score (nSPS) is 9.70. The molecule has 1 aromatic rings. The molecule has 6 nitrogen and oxygen atoms in total. The van der Waals surface area contributed by atoms with Crippen LogP contribution in [0.5, 0.6) is 5.75 Å². The van der Waals surface area contributed by atoms with E-state index in [4.69, 9.17) is 9.84 Å². The van der Waals surface area contributed by atoms with Crippen LogP contribution < -0.4 is 10.1 Å². The van der Waals surface area contributed by atoms with Crippen LogP contribution in [0.25, 0.3) is 0 Å². The smallest absolute Gasteiger partial charge is 0.323 e. The molecule has 0 aliphatic carbocycles. The van der Waals surface area contributed by atoms with E-state index < -0.39 is 18.5 Å². The van der Waals surface area contributed by atoms with Crippen LogP contribution in [0, 0.1) is 0 Å². The molecule has 20 heavy (non-hydrogen) atoms. The molecule has 0 saturated heterocycles. The number of nitrogens with one attached hydrogen (secondary N) is 1. The molecule has 0 atom stereocenters. The van der Waals surface area contributed by atoms with Crippen LogP contribution >= 0.6 is 15.9 Å². The first-order chi connectivity index (χ1) is 9.47. The van der Waals surface area contributed by atoms with Crippen molar-refractivity contribution in [3.8, 4) is 5.75 Å². The van der Waals surface area contributed by atoms with Gasteiger partial charge >= 0.3 is 12.0 Å². The number of halogens is 1. The van der Waals surface area contributed by atoms with Crippen molar-refractivity contribution < 1.29 is 19.4 Å². The molecule has 0 spiro atoms. The van der Waals surface area contributed by atoms with Crippen molar-refractivity contribution in [2.45, 2.75) is 0 Å². The summed E-state index contributed by atoms with van der Waals surface area (Å²) < 4.78 is 5.90. The number of benzene rings is 1. The van der Waals surface area contributed by atoms with Gasteiger partial charge in [0.2, 0.25) is 0 Å². The van der Waals surface area contributed by atoms with Crippen molar-refractivity contribution in [3.05, 3.63) is 35.3 Å². The number of carboxylic acids is 1. The van der Waals surface area contributed by atoms with E-state index in [1.807, 2.05) is 0 Å². The van der Waals surface area contributed by atoms with E-state index in [1.165, 1.54) is 13.2 Å². The molecule has 0 aliphatic rings. The van der Waals surface area contributed by atoms with Crippen molar-refractivity contribution >= 4 is 33.6 Å². The number of anilines is 1. The van der Waals surface area contributed by atoms with Gasteiger partial charge in [-0.3, -0.25) is 4.79 Å². The van der Waals surface area contributed by atoms with Crippen LogP contribution in [-0.4, -0.2) is 42.2 Å². The number of urea groups is 1. The van der Waals surface area contributed by atoms with Gasteiger partial charge in [-0.2, -0.15) is 0 Å². The summed E-state index contributed by atoms with van der Waals surface area (Å²) in [5.41, 5.74) is 0.450. The van der Waals surface area contributed by atoms with Crippen molar-refractivity contribution in [2.75, 3.05) is 25.5 Å². The first-order valence-electron chi connectivity index (χ1n) is 5.70. The predicted octanol–water partition coefficient (Wildman–Crippen LogP) is 2.56. The van der Waals surface area contributed by atoms with Gasteiger partial charge in [-0.15, -0.1) is 6.58 Å². The summed E-state index contributed by atoms with van der Waals surface area (Å²) in [6, 6.07) is 4.59. The average molecular weight is 343 g/mol. The van der Waals surface area contributed by atoms with E-state index in [9.17, 15) is 9.59 Å². The van der Waals surface area contributed by atoms with Gasteiger partial charge in [0, 0.05) is 11.0 Å². The summed E-state index contributed by atoms with van der Waals surface area (Å²) in [6.07, 6.45) is 1.46. The molecule has 0 aromatic heterocycles. The Bertz CT molecular complexity index is 519. The van der Waals surface area contributed by atoms with Crippen molar-refractivity contribution in [1.29, 1.82) is 0 Å². The number of ether oxygens (including phenoxy) is 1. The highest BCUT2D eigenvalue weighted by Crippen LogP contribution is 2.28. The highest BCUT2D eigenvalue weighted by molar-refractivity contribution is 9.10. The molecule has 2 N–H and O–H groups in total. The Balaban J connectivity index is 2.89. The second-order valence-electron chi connectivity index (χ2n) is 3.84. The lowest BCUT2D eigenvalue weighted by atomic mass is 10.3. The molecule has 0 heterocycles. The molecule has 108 valence electrons. The molecule has 0 aliphatic heterocycles. The fraction of sp³-hybridized carbons (Fsp3) is 0.231. The summed E-state index contributed by atoms with van der Waals surface area (Å²) in [4.78, 5) is 23.9. The molecule has 7 heteroatoms. The summed E-state index contributed by atoms with van der Waals surface area (Å²) in [6.45, 7) is 3.22. The van der Waals surface area contributed by atoms with Crippen LogP contribution in [0.15, 0.2) is 35.3 Å². The summed E-state index contributed by atoms with van der Waals surface area (Å²) in [5.74, 6) is -0.612. The van der Waals surface area contributed by atoms with Crippen molar-refractivity contribution in [2.24, 2.45) is 0 Å². The minimum absolute atomic E-state index is 0.133. The number of carbonyl (C=O) groups excluding carboxylic acids is 1. The third-order valence-electron chi connectivity index (χ3n) is 2.37. The van der Waals surface area contributed by atoms with Gasteiger partial charge in [-0.25, -0.2) is 4.79 Å². The molecule has 0 bridgehead atoms. The summed E-state index contributed by atoms with van der Waals surface area (Å²) >= 11 is 3.29. The minimum atomic E-state index is -1.09. The number of rotatable bonds is 6. The third-order valence-corrected chi connectivity index (χ3v) is 2.86. The molecule has 0 saturated carbocycles. The van der Waals surface area contributed by atoms with Crippen LogP contribution in [-0.2, 0) is 4.79 Å². The molecule has 1 aromatic carbocycles. The van der Waals surface area contributed by atoms with Gasteiger partial charge in [0.05, 0.1) is 12.8 Å². The maximum Gasteiger partial charge on any atom is 0.323 e. The van der Waals surface area contributed by atoms with Crippen LogP contribution in [0.2, 0.25) is 0 Å². The number of carboxylic acid groups (broad SMARTS) is 1. The lowest BCUT2D eigenvalue weighted by Crippen LogP contribution is -2.38. The first-order valence-corrected chi connectivity index (χ1v) is 6.49. The highest BCUT2D eigenvalue weighted by atomic mass is 79.9. The number of hydrogen-bond acceptors (Lipinski definition) is 3. The number of amides is 2. The molecular formula is C13H15BrN2O4. The van der Waals surface area contributed by atoms with E-state index in [2.05, 4.69) is 27.8 Å². The Morgan fingerprint density at radius 2 is 2.25 bits per heavy atom. The Morgan fingerprint density at radius 1 is 1.55 bits per heavy atom. The van der Waals surface area contributed by atoms with E-state index >= 15 is 0 Å². The maximum atomic E-state index is 12.1. The van der Waals surface area contributed by atoms with E-state index in [0.717, 1.165) is 9.37 Å². The number of hydrogen-bond donors (Lipinski definition) is 2. The lowest BCUT2D eigenvalue weighted by Gasteiger charge is -2.20. The number of aliphatic carboxylic acids is 1. The van der Waals surface area contributed by atoms with Crippen molar-refractivity contribution in [1.82, 2.24) is 4.90 Å². The second kappa shape index (κ2) is 7.54. The fourth-order valence-electron chi connectivity index (χ4n) is 1.51. The largest absolute Gasteiger partial charge is 0.495 e. The van der Waals surface area contributed by atoms with E-state index in [-0.39, 0.29) is 6.54 Å². The summed E-state index contributed by atoms with van der Waals surface area (Å²) in [7, 11) is 1.48. The van der Waals surface area contributed by atoms with Crippen LogP contribution in [0.4, 0.5) is 10.5 Å². The van der Waals surface area contributed by atoms with Gasteiger partial charge in [0.25, 0.3) is 0 Å². The second-order valence-corrected chi connectivity index (χ2v) is 4.75. The molecule has 0 fully saturated rings. The van der Waals surface area contributed by atoms with Gasteiger partial charge in [-0.05, 0) is 18.2 Å². The highest BCUT2D eigenvalue weighted by Gasteiger charge is 2.17. The predicted molar refractivity (Wildman–Crippen MR) is 79.1 cm³/mol. The first kappa shape index (κ1) is 16.0. The van der Waals surface area contributed by atoms with Gasteiger partial charge in [-0.1, -0.05) is 22.0 Å².